The van der Waals surface area contributed by atoms with Crippen molar-refractivity contribution in [3.8, 4) is 0 Å². The molecule has 29 heavy (non-hydrogen) atoms. The number of aliphatic carboxylic acids is 1. The number of aromatic nitrogens is 1. The van der Waals surface area contributed by atoms with Crippen LogP contribution in [0.25, 0.3) is 10.8 Å². The molecule has 3 amide bonds. The summed E-state index contributed by atoms with van der Waals surface area (Å²) in [4.78, 5) is 54.1. The Morgan fingerprint density at radius 1 is 1.14 bits per heavy atom. The first kappa shape index (κ1) is 18.9. The molecule has 1 aromatic heterocycles. The van der Waals surface area contributed by atoms with Crippen LogP contribution in [-0.4, -0.2) is 57.3 Å². The Bertz CT molecular complexity index is 1000. The third kappa shape index (κ3) is 3.39. The molecule has 3 heterocycles. The van der Waals surface area contributed by atoms with E-state index in [1.54, 1.807) is 18.2 Å². The van der Waals surface area contributed by atoms with Crippen molar-refractivity contribution in [2.24, 2.45) is 0 Å². The number of carboxylic acid groups (broad SMARTS) is 1. The summed E-state index contributed by atoms with van der Waals surface area (Å²) in [6.07, 6.45) is 2.28. The van der Waals surface area contributed by atoms with Crippen molar-refractivity contribution >= 4 is 34.5 Å². The van der Waals surface area contributed by atoms with Gasteiger partial charge in [-0.15, -0.1) is 0 Å². The van der Waals surface area contributed by atoms with Crippen LogP contribution in [-0.2, 0) is 14.4 Å². The molecule has 1 aromatic carbocycles. The van der Waals surface area contributed by atoms with Gasteiger partial charge in [0, 0.05) is 24.5 Å². The van der Waals surface area contributed by atoms with E-state index in [0.717, 1.165) is 10.4 Å². The standard InChI is InChI=1S/C20H20N4O5/c25-16-8-7-14(19(27)24-15(20(28)29)6-3-11-23(16)24)22-18(26)17-13-5-2-1-4-12(13)9-10-21-17/h1-2,4-5,9-10,14-15H,3,6-8,11H2,(H,22,26)(H,28,29)/p-1. The first-order valence-electron chi connectivity index (χ1n) is 9.46. The molecule has 0 bridgehead atoms. The van der Waals surface area contributed by atoms with Gasteiger partial charge in [-0.2, -0.15) is 0 Å². The Hall–Kier alpha value is -3.49. The molecular formula is C20H19N4O5-. The van der Waals surface area contributed by atoms with E-state index >= 15 is 0 Å². The molecule has 0 spiro atoms. The lowest BCUT2D eigenvalue weighted by atomic mass is 10.1. The highest BCUT2D eigenvalue weighted by atomic mass is 16.4. The molecule has 9 heteroatoms. The van der Waals surface area contributed by atoms with Gasteiger partial charge >= 0.3 is 0 Å². The molecule has 2 saturated heterocycles. The fraction of sp³-hybridized carbons (Fsp3) is 0.350. The molecule has 150 valence electrons. The lowest BCUT2D eigenvalue weighted by molar-refractivity contribution is -0.315. The highest BCUT2D eigenvalue weighted by molar-refractivity contribution is 6.06. The van der Waals surface area contributed by atoms with Crippen molar-refractivity contribution in [2.45, 2.75) is 37.8 Å². The zero-order valence-electron chi connectivity index (χ0n) is 15.5. The molecule has 2 atom stereocenters. The Balaban J connectivity index is 1.62. The average Bonchev–Trinajstić information content (AvgIpc) is 2.85. The van der Waals surface area contributed by atoms with E-state index in [0.29, 0.717) is 11.8 Å². The monoisotopic (exact) mass is 395 g/mol. The van der Waals surface area contributed by atoms with E-state index in [9.17, 15) is 24.3 Å². The topological polar surface area (TPSA) is 123 Å². The van der Waals surface area contributed by atoms with Crippen molar-refractivity contribution < 1.29 is 24.3 Å². The molecule has 1 N–H and O–H groups in total. The number of hydrogen-bond donors (Lipinski definition) is 1. The second-order valence-electron chi connectivity index (χ2n) is 7.12. The molecule has 0 radical (unpaired) electrons. The Morgan fingerprint density at radius 3 is 2.72 bits per heavy atom. The van der Waals surface area contributed by atoms with Crippen LogP contribution in [0.15, 0.2) is 36.5 Å². The van der Waals surface area contributed by atoms with Crippen LogP contribution in [0.2, 0.25) is 0 Å². The summed E-state index contributed by atoms with van der Waals surface area (Å²) < 4.78 is 0. The SMILES string of the molecule is O=C(NC1CCC(=O)N2CCCC(C(=O)[O-])N2C1=O)c1nccc2ccccc12. The normalized spacial score (nSPS) is 22.2. The molecule has 4 rings (SSSR count). The second kappa shape index (κ2) is 7.50. The van der Waals surface area contributed by atoms with Crippen LogP contribution in [0.4, 0.5) is 0 Å². The van der Waals surface area contributed by atoms with Crippen LogP contribution >= 0.6 is 0 Å². The van der Waals surface area contributed by atoms with Crippen LogP contribution < -0.4 is 10.4 Å². The minimum atomic E-state index is -1.42. The summed E-state index contributed by atoms with van der Waals surface area (Å²) in [5.41, 5.74) is 0.165. The lowest BCUT2D eigenvalue weighted by Crippen LogP contribution is -2.64. The van der Waals surface area contributed by atoms with Gasteiger partial charge in [-0.1, -0.05) is 24.3 Å². The van der Waals surface area contributed by atoms with Crippen molar-refractivity contribution in [3.05, 3.63) is 42.2 Å². The number of benzene rings is 1. The Labute approximate surface area is 166 Å². The van der Waals surface area contributed by atoms with Gasteiger partial charge in [0.2, 0.25) is 5.91 Å². The molecule has 0 aliphatic carbocycles. The number of hydrazine groups is 1. The number of carboxylic acids is 1. The number of hydrogen-bond acceptors (Lipinski definition) is 6. The van der Waals surface area contributed by atoms with E-state index in [-0.39, 0.29) is 37.4 Å². The molecule has 2 aliphatic heterocycles. The molecule has 2 unspecified atom stereocenters. The zero-order valence-corrected chi connectivity index (χ0v) is 15.5. The third-order valence-electron chi connectivity index (χ3n) is 5.33. The van der Waals surface area contributed by atoms with Crippen LogP contribution in [0, 0.1) is 0 Å². The molecule has 2 aliphatic rings. The number of amides is 3. The van der Waals surface area contributed by atoms with E-state index in [1.165, 1.54) is 11.2 Å². The average molecular weight is 395 g/mol. The predicted octanol–water partition coefficient (Wildman–Crippen LogP) is -0.388. The van der Waals surface area contributed by atoms with Gasteiger partial charge in [-0.05, 0) is 30.7 Å². The summed E-state index contributed by atoms with van der Waals surface area (Å²) in [5, 5.41) is 17.8. The van der Waals surface area contributed by atoms with E-state index in [4.69, 9.17) is 0 Å². The minimum Gasteiger partial charge on any atom is -0.548 e. The van der Waals surface area contributed by atoms with E-state index in [2.05, 4.69) is 10.3 Å². The van der Waals surface area contributed by atoms with E-state index in [1.807, 2.05) is 12.1 Å². The minimum absolute atomic E-state index is 0.0237. The van der Waals surface area contributed by atoms with Crippen LogP contribution in [0.3, 0.4) is 0 Å². The quantitative estimate of drug-likeness (QED) is 0.755. The van der Waals surface area contributed by atoms with Gasteiger partial charge < -0.3 is 15.2 Å². The first-order valence-corrected chi connectivity index (χ1v) is 9.46. The lowest BCUT2D eigenvalue weighted by Gasteiger charge is -2.44. The van der Waals surface area contributed by atoms with Gasteiger partial charge in [0.15, 0.2) is 0 Å². The maximum absolute atomic E-state index is 13.1. The number of nitrogens with zero attached hydrogens (tertiary/aromatic N) is 3. The number of pyridine rings is 1. The second-order valence-corrected chi connectivity index (χ2v) is 7.12. The summed E-state index contributed by atoms with van der Waals surface area (Å²) in [6, 6.07) is 6.75. The fourth-order valence-electron chi connectivity index (χ4n) is 3.91. The Morgan fingerprint density at radius 2 is 1.93 bits per heavy atom. The van der Waals surface area contributed by atoms with Gasteiger partial charge in [-0.3, -0.25) is 24.4 Å². The number of nitrogens with one attached hydrogen (secondary N) is 1. The molecule has 2 fully saturated rings. The maximum Gasteiger partial charge on any atom is 0.271 e. The molecular weight excluding hydrogens is 376 g/mol. The number of carbonyl (C=O) groups excluding carboxylic acids is 4. The zero-order chi connectivity index (χ0) is 20.5. The van der Waals surface area contributed by atoms with Gasteiger partial charge in [-0.25, -0.2) is 5.01 Å². The van der Waals surface area contributed by atoms with Gasteiger partial charge in [0.05, 0.1) is 12.0 Å². The van der Waals surface area contributed by atoms with Crippen LogP contribution in [0.5, 0.6) is 0 Å². The number of fused-ring (bicyclic) bond motifs is 2. The first-order chi connectivity index (χ1) is 14.0. The number of rotatable bonds is 3. The summed E-state index contributed by atoms with van der Waals surface area (Å²) in [7, 11) is 0. The fourth-order valence-corrected chi connectivity index (χ4v) is 3.91. The number of carbonyl (C=O) groups is 4. The summed E-state index contributed by atoms with van der Waals surface area (Å²) in [6.45, 7) is 0.264. The highest BCUT2D eigenvalue weighted by Gasteiger charge is 2.42. The van der Waals surface area contributed by atoms with Gasteiger partial charge in [0.1, 0.15) is 11.7 Å². The summed E-state index contributed by atoms with van der Waals surface area (Å²) in [5.74, 6) is -2.94. The largest absolute Gasteiger partial charge is 0.548 e. The molecule has 0 saturated carbocycles. The molecule has 9 nitrogen and oxygen atoms in total. The molecule has 2 aromatic rings. The van der Waals surface area contributed by atoms with E-state index < -0.39 is 29.9 Å². The van der Waals surface area contributed by atoms with Crippen molar-refractivity contribution in [1.82, 2.24) is 20.3 Å². The smallest absolute Gasteiger partial charge is 0.271 e. The van der Waals surface area contributed by atoms with Gasteiger partial charge in [0.25, 0.3) is 11.8 Å². The van der Waals surface area contributed by atoms with Crippen molar-refractivity contribution in [3.63, 3.8) is 0 Å². The summed E-state index contributed by atoms with van der Waals surface area (Å²) >= 11 is 0. The van der Waals surface area contributed by atoms with Crippen molar-refractivity contribution in [1.29, 1.82) is 0 Å². The Kier molecular flexibility index (Phi) is 4.87. The predicted molar refractivity (Wildman–Crippen MR) is 98.8 cm³/mol. The van der Waals surface area contributed by atoms with Crippen LogP contribution in [0.1, 0.15) is 36.2 Å². The van der Waals surface area contributed by atoms with Crippen molar-refractivity contribution in [2.75, 3.05) is 6.54 Å². The highest BCUT2D eigenvalue weighted by Crippen LogP contribution is 2.25. The maximum atomic E-state index is 13.1. The third-order valence-corrected chi connectivity index (χ3v) is 5.33.